The van der Waals surface area contributed by atoms with E-state index in [1.165, 1.54) is 64.3 Å². The Balaban J connectivity index is 1.36. The molecule has 38 heavy (non-hydrogen) atoms. The highest BCUT2D eigenvalue weighted by Crippen LogP contribution is 2.50. The lowest BCUT2D eigenvalue weighted by molar-refractivity contribution is 0.00578. The van der Waals surface area contributed by atoms with Crippen LogP contribution in [0.2, 0.25) is 0 Å². The molecule has 0 saturated carbocycles. The number of hydrogen-bond acceptors (Lipinski definition) is 3. The smallest absolute Gasteiger partial charge is 0.399 e. The minimum atomic E-state index is -0.388. The zero-order valence-electron chi connectivity index (χ0n) is 22.0. The van der Waals surface area contributed by atoms with Gasteiger partial charge in [-0.3, -0.25) is 0 Å². The van der Waals surface area contributed by atoms with Gasteiger partial charge in [-0.05, 0) is 77.8 Å². The minimum absolute atomic E-state index is 0.376. The average Bonchev–Trinajstić information content (AvgIpc) is 3.52. The third-order valence-electron chi connectivity index (χ3n) is 8.90. The van der Waals surface area contributed by atoms with Crippen molar-refractivity contribution < 1.29 is 9.31 Å². The monoisotopic (exact) mass is 510 g/mol. The number of thiophene rings is 1. The van der Waals surface area contributed by atoms with Crippen LogP contribution in [0.25, 0.3) is 64.3 Å². The SMILES string of the molecule is CC1(C)OB(c2cccc3sc4c(-c5ccc6c7c(cccc57)-c5ccccc5-6)cccc4c23)OC1(C)C. The molecule has 0 unspecified atom stereocenters. The topological polar surface area (TPSA) is 18.5 Å². The van der Waals surface area contributed by atoms with Gasteiger partial charge in [-0.2, -0.15) is 0 Å². The quantitative estimate of drug-likeness (QED) is 0.216. The van der Waals surface area contributed by atoms with E-state index in [4.69, 9.17) is 9.31 Å². The molecule has 1 aromatic heterocycles. The van der Waals surface area contributed by atoms with Crippen molar-refractivity contribution in [3.05, 3.63) is 91.0 Å². The fourth-order valence-electron chi connectivity index (χ4n) is 6.30. The van der Waals surface area contributed by atoms with Crippen LogP contribution in [0.1, 0.15) is 27.7 Å². The molecule has 2 heterocycles. The summed E-state index contributed by atoms with van der Waals surface area (Å²) in [5.41, 5.74) is 8.26. The van der Waals surface area contributed by atoms with Gasteiger partial charge in [0, 0.05) is 25.7 Å². The Kier molecular flexibility index (Phi) is 4.49. The maximum absolute atomic E-state index is 6.50. The molecule has 8 rings (SSSR count). The van der Waals surface area contributed by atoms with Crippen molar-refractivity contribution in [3.8, 4) is 33.4 Å². The largest absolute Gasteiger partial charge is 0.495 e. The van der Waals surface area contributed by atoms with E-state index in [2.05, 4.69) is 119 Å². The molecule has 0 radical (unpaired) electrons. The second kappa shape index (κ2) is 7.57. The maximum atomic E-state index is 6.50. The van der Waals surface area contributed by atoms with Crippen molar-refractivity contribution in [2.75, 3.05) is 0 Å². The first-order valence-electron chi connectivity index (χ1n) is 13.3. The summed E-state index contributed by atoms with van der Waals surface area (Å²) in [5, 5.41) is 5.18. The summed E-state index contributed by atoms with van der Waals surface area (Å²) in [6, 6.07) is 33.4. The first-order chi connectivity index (χ1) is 18.3. The molecular weight excluding hydrogens is 483 g/mol. The summed E-state index contributed by atoms with van der Waals surface area (Å²) in [6.45, 7) is 8.46. The molecule has 1 aliphatic carbocycles. The molecule has 0 amide bonds. The van der Waals surface area contributed by atoms with Crippen LogP contribution in [0.5, 0.6) is 0 Å². The lowest BCUT2D eigenvalue weighted by Gasteiger charge is -2.32. The van der Waals surface area contributed by atoms with Crippen LogP contribution in [-0.4, -0.2) is 18.3 Å². The lowest BCUT2D eigenvalue weighted by Crippen LogP contribution is -2.41. The highest BCUT2D eigenvalue weighted by atomic mass is 32.1. The molecule has 0 atom stereocenters. The van der Waals surface area contributed by atoms with Crippen molar-refractivity contribution in [3.63, 3.8) is 0 Å². The first kappa shape index (κ1) is 22.5. The molecule has 5 aromatic carbocycles. The van der Waals surface area contributed by atoms with Crippen molar-refractivity contribution in [2.45, 2.75) is 38.9 Å². The zero-order valence-corrected chi connectivity index (χ0v) is 22.8. The van der Waals surface area contributed by atoms with E-state index >= 15 is 0 Å². The van der Waals surface area contributed by atoms with Crippen molar-refractivity contribution in [2.24, 2.45) is 0 Å². The number of fused-ring (bicyclic) bond motifs is 6. The molecule has 184 valence electrons. The van der Waals surface area contributed by atoms with Crippen LogP contribution in [0, 0.1) is 0 Å². The Labute approximate surface area is 227 Å². The van der Waals surface area contributed by atoms with E-state index in [0.29, 0.717) is 0 Å². The van der Waals surface area contributed by atoms with Gasteiger partial charge in [0.05, 0.1) is 11.2 Å². The average molecular weight is 510 g/mol. The number of rotatable bonds is 2. The Hall–Kier alpha value is -3.44. The Morgan fingerprint density at radius 2 is 1.11 bits per heavy atom. The molecule has 1 aliphatic heterocycles. The van der Waals surface area contributed by atoms with Crippen molar-refractivity contribution >= 4 is 54.9 Å². The van der Waals surface area contributed by atoms with Gasteiger partial charge in [-0.15, -0.1) is 11.3 Å². The lowest BCUT2D eigenvalue weighted by atomic mass is 9.76. The Morgan fingerprint density at radius 3 is 1.84 bits per heavy atom. The number of hydrogen-bond donors (Lipinski definition) is 0. The molecule has 4 heteroatoms. The molecular formula is C34H27BO2S. The van der Waals surface area contributed by atoms with E-state index < -0.39 is 0 Å². The molecule has 6 aromatic rings. The zero-order chi connectivity index (χ0) is 25.8. The van der Waals surface area contributed by atoms with Crippen molar-refractivity contribution in [1.29, 1.82) is 0 Å². The van der Waals surface area contributed by atoms with Crippen LogP contribution >= 0.6 is 11.3 Å². The second-order valence-electron chi connectivity index (χ2n) is 11.5. The van der Waals surface area contributed by atoms with Crippen LogP contribution in [0.15, 0.2) is 91.0 Å². The van der Waals surface area contributed by atoms with Crippen LogP contribution in [0.4, 0.5) is 0 Å². The highest BCUT2D eigenvalue weighted by Gasteiger charge is 2.52. The summed E-state index contributed by atoms with van der Waals surface area (Å²) in [6.07, 6.45) is 0. The standard InChI is InChI=1S/C34H27BO2S/c1-33(2)34(3,4)37-35(36-33)28-16-9-17-29-31(28)27-15-8-14-26(32(27)38-29)22-18-19-25-21-11-6-5-10-20(21)23-12-7-13-24(22)30(23)25/h5-19H,1-4H3. The van der Waals surface area contributed by atoms with E-state index in [1.807, 2.05) is 11.3 Å². The first-order valence-corrected chi connectivity index (χ1v) is 14.1. The van der Waals surface area contributed by atoms with Gasteiger partial charge in [0.1, 0.15) is 0 Å². The van der Waals surface area contributed by atoms with Crippen molar-refractivity contribution in [1.82, 2.24) is 0 Å². The van der Waals surface area contributed by atoms with Gasteiger partial charge in [-0.25, -0.2) is 0 Å². The van der Waals surface area contributed by atoms with Crippen LogP contribution < -0.4 is 5.46 Å². The number of benzene rings is 5. The summed E-state index contributed by atoms with van der Waals surface area (Å²) >= 11 is 1.86. The molecule has 1 fully saturated rings. The third kappa shape index (κ3) is 2.91. The maximum Gasteiger partial charge on any atom is 0.495 e. The Morgan fingerprint density at radius 1 is 0.526 bits per heavy atom. The Bertz CT molecular complexity index is 1900. The van der Waals surface area contributed by atoms with E-state index in [9.17, 15) is 0 Å². The van der Waals surface area contributed by atoms with E-state index in [1.54, 1.807) is 0 Å². The van der Waals surface area contributed by atoms with Gasteiger partial charge >= 0.3 is 7.12 Å². The van der Waals surface area contributed by atoms with E-state index in [-0.39, 0.29) is 18.3 Å². The molecule has 2 nitrogen and oxygen atoms in total. The van der Waals surface area contributed by atoms with Crippen LogP contribution in [-0.2, 0) is 9.31 Å². The summed E-state index contributed by atoms with van der Waals surface area (Å²) < 4.78 is 15.6. The molecule has 0 N–H and O–H groups in total. The van der Waals surface area contributed by atoms with Gasteiger partial charge < -0.3 is 9.31 Å². The minimum Gasteiger partial charge on any atom is -0.399 e. The fraction of sp³-hybridized carbons (Fsp3) is 0.176. The summed E-state index contributed by atoms with van der Waals surface area (Å²) in [4.78, 5) is 0. The van der Waals surface area contributed by atoms with Gasteiger partial charge in [-0.1, -0.05) is 84.9 Å². The second-order valence-corrected chi connectivity index (χ2v) is 12.6. The van der Waals surface area contributed by atoms with Gasteiger partial charge in [0.2, 0.25) is 0 Å². The summed E-state index contributed by atoms with van der Waals surface area (Å²) in [7, 11) is -0.388. The normalized spacial score (nSPS) is 17.1. The highest BCUT2D eigenvalue weighted by molar-refractivity contribution is 7.26. The van der Waals surface area contributed by atoms with E-state index in [0.717, 1.165) is 5.46 Å². The predicted octanol–water partition coefficient (Wildman–Crippen LogP) is 8.82. The summed E-state index contributed by atoms with van der Waals surface area (Å²) in [5.74, 6) is 0. The fourth-order valence-corrected chi connectivity index (χ4v) is 7.56. The van der Waals surface area contributed by atoms with Gasteiger partial charge in [0.25, 0.3) is 0 Å². The predicted molar refractivity (Wildman–Crippen MR) is 162 cm³/mol. The molecule has 2 aliphatic rings. The van der Waals surface area contributed by atoms with Crippen LogP contribution in [0.3, 0.4) is 0 Å². The third-order valence-corrected chi connectivity index (χ3v) is 10.1. The molecule has 0 spiro atoms. The van der Waals surface area contributed by atoms with Gasteiger partial charge in [0.15, 0.2) is 0 Å². The molecule has 0 bridgehead atoms. The molecule has 1 saturated heterocycles.